The molecule has 0 bridgehead atoms. The summed E-state index contributed by atoms with van der Waals surface area (Å²) in [6.07, 6.45) is -0.485. The van der Waals surface area contributed by atoms with Crippen LogP contribution in [0.4, 0.5) is 0 Å². The highest BCUT2D eigenvalue weighted by molar-refractivity contribution is 5.81. The number of carbonyl (C=O) groups is 1. The van der Waals surface area contributed by atoms with Crippen molar-refractivity contribution in [3.05, 3.63) is 41.7 Å². The van der Waals surface area contributed by atoms with Crippen molar-refractivity contribution in [1.82, 2.24) is 20.1 Å². The summed E-state index contributed by atoms with van der Waals surface area (Å²) < 4.78 is 10.4. The highest BCUT2D eigenvalue weighted by Gasteiger charge is 2.26. The molecule has 1 unspecified atom stereocenters. The molecule has 0 radical (unpaired) electrons. The maximum atomic E-state index is 12.5. The van der Waals surface area contributed by atoms with Crippen molar-refractivity contribution in [2.75, 3.05) is 26.2 Å². The quantitative estimate of drug-likeness (QED) is 0.827. The Morgan fingerprint density at radius 3 is 2.54 bits per heavy atom. The molecule has 128 valence electrons. The van der Waals surface area contributed by atoms with Gasteiger partial charge < -0.3 is 9.64 Å². The van der Waals surface area contributed by atoms with Crippen LogP contribution in [-0.4, -0.2) is 58.3 Å². The smallest absolute Gasteiger partial charge is 0.263 e. The minimum Gasteiger partial charge on any atom is -0.481 e. The molecule has 1 amide bonds. The van der Waals surface area contributed by atoms with E-state index < -0.39 is 6.10 Å². The number of piperazine rings is 1. The number of ether oxygens (including phenoxy) is 1. The maximum Gasteiger partial charge on any atom is 0.263 e. The van der Waals surface area contributed by atoms with Crippen molar-refractivity contribution >= 4 is 5.91 Å². The van der Waals surface area contributed by atoms with Crippen molar-refractivity contribution in [3.63, 3.8) is 0 Å². The molecule has 0 spiro atoms. The molecule has 7 heteroatoms. The van der Waals surface area contributed by atoms with Crippen molar-refractivity contribution in [1.29, 1.82) is 0 Å². The summed E-state index contributed by atoms with van der Waals surface area (Å²) in [6, 6.07) is 9.43. The fourth-order valence-corrected chi connectivity index (χ4v) is 2.74. The van der Waals surface area contributed by atoms with Gasteiger partial charge in [0.2, 0.25) is 0 Å². The lowest BCUT2D eigenvalue weighted by molar-refractivity contribution is -0.139. The van der Waals surface area contributed by atoms with Crippen molar-refractivity contribution in [2.24, 2.45) is 0 Å². The molecule has 7 nitrogen and oxygen atoms in total. The third-order valence-corrected chi connectivity index (χ3v) is 4.21. The second kappa shape index (κ2) is 7.44. The zero-order valence-electron chi connectivity index (χ0n) is 14.0. The summed E-state index contributed by atoms with van der Waals surface area (Å²) in [5.41, 5.74) is 1.67. The summed E-state index contributed by atoms with van der Waals surface area (Å²) in [4.78, 5) is 16.6. The molecule has 3 rings (SSSR count). The van der Waals surface area contributed by atoms with E-state index in [2.05, 4.69) is 15.2 Å². The summed E-state index contributed by atoms with van der Waals surface area (Å²) in [7, 11) is 0. The molecule has 0 aliphatic carbocycles. The second-order valence-corrected chi connectivity index (χ2v) is 5.97. The van der Waals surface area contributed by atoms with Gasteiger partial charge in [-0.15, -0.1) is 0 Å². The molecule has 0 saturated carbocycles. The van der Waals surface area contributed by atoms with E-state index in [1.54, 1.807) is 6.92 Å². The summed E-state index contributed by atoms with van der Waals surface area (Å²) in [5, 5.41) is 7.71. The standard InChI is InChI=1S/C17H22N4O3/c1-13-16(19-24-18-13)12-20-8-10-21(11-9-20)17(22)14(2)23-15-6-4-3-5-7-15/h3-7,14H,8-12H2,1-2H3. The lowest BCUT2D eigenvalue weighted by Gasteiger charge is -2.35. The molecular formula is C17H22N4O3. The first-order valence-electron chi connectivity index (χ1n) is 8.14. The van der Waals surface area contributed by atoms with E-state index in [-0.39, 0.29) is 5.91 Å². The van der Waals surface area contributed by atoms with Crippen LogP contribution < -0.4 is 4.74 Å². The van der Waals surface area contributed by atoms with Crippen LogP contribution in [0, 0.1) is 6.92 Å². The number of hydrogen-bond donors (Lipinski definition) is 0. The number of hydrogen-bond acceptors (Lipinski definition) is 6. The van der Waals surface area contributed by atoms with Gasteiger partial charge in [-0.05, 0) is 26.0 Å². The van der Waals surface area contributed by atoms with Gasteiger partial charge in [0.1, 0.15) is 17.1 Å². The highest BCUT2D eigenvalue weighted by atomic mass is 16.6. The van der Waals surface area contributed by atoms with E-state index in [1.165, 1.54) is 0 Å². The predicted molar refractivity (Wildman–Crippen MR) is 87.4 cm³/mol. The SMILES string of the molecule is Cc1nonc1CN1CCN(C(=O)C(C)Oc2ccccc2)CC1. The largest absolute Gasteiger partial charge is 0.481 e. The zero-order valence-corrected chi connectivity index (χ0v) is 14.0. The number of aromatic nitrogens is 2. The molecule has 1 saturated heterocycles. The monoisotopic (exact) mass is 330 g/mol. The van der Waals surface area contributed by atoms with Gasteiger partial charge in [0.15, 0.2) is 6.10 Å². The first-order valence-corrected chi connectivity index (χ1v) is 8.14. The first-order chi connectivity index (χ1) is 11.6. The number of nitrogens with zero attached hydrogens (tertiary/aromatic N) is 4. The molecule has 24 heavy (non-hydrogen) atoms. The molecule has 2 aromatic rings. The van der Waals surface area contributed by atoms with E-state index >= 15 is 0 Å². The molecular weight excluding hydrogens is 308 g/mol. The molecule has 1 aliphatic rings. The third-order valence-electron chi connectivity index (χ3n) is 4.21. The molecule has 1 aromatic carbocycles. The minimum absolute atomic E-state index is 0.0257. The number of aryl methyl sites for hydroxylation is 1. The van der Waals surface area contributed by atoms with Crippen LogP contribution in [-0.2, 0) is 11.3 Å². The van der Waals surface area contributed by atoms with E-state index in [0.717, 1.165) is 24.5 Å². The van der Waals surface area contributed by atoms with Gasteiger partial charge >= 0.3 is 0 Å². The highest BCUT2D eigenvalue weighted by Crippen LogP contribution is 2.14. The Morgan fingerprint density at radius 2 is 1.92 bits per heavy atom. The Morgan fingerprint density at radius 1 is 1.21 bits per heavy atom. The lowest BCUT2D eigenvalue weighted by Crippen LogP contribution is -2.51. The molecule has 1 fully saturated rings. The van der Waals surface area contributed by atoms with Gasteiger partial charge in [-0.3, -0.25) is 9.69 Å². The fraction of sp³-hybridized carbons (Fsp3) is 0.471. The van der Waals surface area contributed by atoms with E-state index in [0.29, 0.717) is 25.4 Å². The van der Waals surface area contributed by atoms with Gasteiger partial charge in [-0.2, -0.15) is 0 Å². The Balaban J connectivity index is 1.49. The van der Waals surface area contributed by atoms with Crippen LogP contribution in [0.2, 0.25) is 0 Å². The summed E-state index contributed by atoms with van der Waals surface area (Å²) in [5.74, 6) is 0.740. The van der Waals surface area contributed by atoms with Crippen molar-refractivity contribution < 1.29 is 14.2 Å². The normalized spacial score (nSPS) is 16.8. The second-order valence-electron chi connectivity index (χ2n) is 5.97. The van der Waals surface area contributed by atoms with Crippen LogP contribution in [0.5, 0.6) is 5.75 Å². The Bertz CT molecular complexity index is 665. The fourth-order valence-electron chi connectivity index (χ4n) is 2.74. The summed E-state index contributed by atoms with van der Waals surface area (Å²) in [6.45, 7) is 7.36. The average molecular weight is 330 g/mol. The molecule has 2 heterocycles. The van der Waals surface area contributed by atoms with E-state index in [4.69, 9.17) is 9.37 Å². The van der Waals surface area contributed by atoms with Gasteiger partial charge in [-0.25, -0.2) is 4.63 Å². The predicted octanol–water partition coefficient (Wildman–Crippen LogP) is 1.49. The molecule has 1 aliphatic heterocycles. The molecule has 0 N–H and O–H groups in total. The van der Waals surface area contributed by atoms with E-state index in [1.807, 2.05) is 42.2 Å². The Labute approximate surface area is 141 Å². The maximum absolute atomic E-state index is 12.5. The Kier molecular flexibility index (Phi) is 5.10. The van der Waals surface area contributed by atoms with Crippen molar-refractivity contribution in [3.8, 4) is 5.75 Å². The van der Waals surface area contributed by atoms with Crippen LogP contribution in [0.15, 0.2) is 35.0 Å². The number of benzene rings is 1. The lowest BCUT2D eigenvalue weighted by atomic mass is 10.2. The third kappa shape index (κ3) is 3.91. The van der Waals surface area contributed by atoms with Gasteiger partial charge in [0, 0.05) is 32.7 Å². The van der Waals surface area contributed by atoms with Gasteiger partial charge in [0.05, 0.1) is 0 Å². The van der Waals surface area contributed by atoms with Crippen LogP contribution in [0.3, 0.4) is 0 Å². The number of carbonyl (C=O) groups excluding carboxylic acids is 1. The molecule has 1 aromatic heterocycles. The first kappa shape index (κ1) is 16.4. The topological polar surface area (TPSA) is 71.7 Å². The number of para-hydroxylation sites is 1. The summed E-state index contributed by atoms with van der Waals surface area (Å²) >= 11 is 0. The number of rotatable bonds is 5. The van der Waals surface area contributed by atoms with Crippen LogP contribution in [0.1, 0.15) is 18.3 Å². The van der Waals surface area contributed by atoms with Gasteiger partial charge in [0.25, 0.3) is 5.91 Å². The van der Waals surface area contributed by atoms with Crippen molar-refractivity contribution in [2.45, 2.75) is 26.5 Å². The Hall–Kier alpha value is -2.41. The zero-order chi connectivity index (χ0) is 16.9. The molecule has 1 atom stereocenters. The van der Waals surface area contributed by atoms with Gasteiger partial charge in [-0.1, -0.05) is 28.5 Å². The number of amides is 1. The van der Waals surface area contributed by atoms with E-state index in [9.17, 15) is 4.79 Å². The van der Waals surface area contributed by atoms with Crippen LogP contribution in [0.25, 0.3) is 0 Å². The average Bonchev–Trinajstić information content (AvgIpc) is 3.00. The van der Waals surface area contributed by atoms with Crippen LogP contribution >= 0.6 is 0 Å². The minimum atomic E-state index is -0.485.